The molecule has 0 aromatic heterocycles. The van der Waals surface area contributed by atoms with E-state index in [1.165, 1.54) is 31.4 Å². The van der Waals surface area contributed by atoms with Gasteiger partial charge in [0.2, 0.25) is 0 Å². The van der Waals surface area contributed by atoms with Gasteiger partial charge in [-0.05, 0) is 30.5 Å². The first-order chi connectivity index (χ1) is 12.9. The highest BCUT2D eigenvalue weighted by atomic mass is 16.6. The molecule has 2 aromatic rings. The number of non-ortho nitro benzene ring substituents is 1. The first-order valence-corrected chi connectivity index (χ1v) is 8.09. The van der Waals surface area contributed by atoms with Crippen molar-refractivity contribution in [1.82, 2.24) is 0 Å². The Bertz CT molecular complexity index is 849. The van der Waals surface area contributed by atoms with Crippen molar-refractivity contribution in [3.63, 3.8) is 0 Å². The number of nitro benzene ring substituents is 2. The molecule has 9 heteroatoms. The van der Waals surface area contributed by atoms with Crippen molar-refractivity contribution in [2.45, 2.75) is 19.3 Å². The molecule has 0 spiro atoms. The molecule has 2 rings (SSSR count). The SMILES string of the molecule is CCOC(=O)C(Cc1ccc([N+](=O)[O-])cc1)c1ccc(OC)c([N+](=O)[O-])c1. The summed E-state index contributed by atoms with van der Waals surface area (Å²) < 4.78 is 10.1. The Hall–Kier alpha value is -3.49. The summed E-state index contributed by atoms with van der Waals surface area (Å²) in [5, 5.41) is 22.0. The number of hydrogen-bond donors (Lipinski definition) is 0. The number of ether oxygens (including phenoxy) is 2. The Kier molecular flexibility index (Phi) is 6.42. The summed E-state index contributed by atoms with van der Waals surface area (Å²) in [6.45, 7) is 1.82. The van der Waals surface area contributed by atoms with Crippen LogP contribution in [0, 0.1) is 20.2 Å². The lowest BCUT2D eigenvalue weighted by molar-refractivity contribution is -0.385. The number of esters is 1. The molecular formula is C18H18N2O7. The van der Waals surface area contributed by atoms with E-state index in [0.717, 1.165) is 0 Å². The number of nitrogens with zero attached hydrogens (tertiary/aromatic N) is 2. The zero-order chi connectivity index (χ0) is 20.0. The fourth-order valence-corrected chi connectivity index (χ4v) is 2.64. The lowest BCUT2D eigenvalue weighted by atomic mass is 9.91. The Morgan fingerprint density at radius 2 is 1.74 bits per heavy atom. The van der Waals surface area contributed by atoms with Crippen LogP contribution in [0.3, 0.4) is 0 Å². The summed E-state index contributed by atoms with van der Waals surface area (Å²) >= 11 is 0. The molecule has 27 heavy (non-hydrogen) atoms. The predicted octanol–water partition coefficient (Wildman–Crippen LogP) is 3.40. The van der Waals surface area contributed by atoms with Gasteiger partial charge < -0.3 is 9.47 Å². The third-order valence-corrected chi connectivity index (χ3v) is 3.96. The summed E-state index contributed by atoms with van der Waals surface area (Å²) in [5.74, 6) is -1.24. The van der Waals surface area contributed by atoms with Crippen LogP contribution in [0.1, 0.15) is 24.0 Å². The molecule has 0 aliphatic carbocycles. The minimum absolute atomic E-state index is 0.0634. The fraction of sp³-hybridized carbons (Fsp3) is 0.278. The largest absolute Gasteiger partial charge is 0.490 e. The summed E-state index contributed by atoms with van der Waals surface area (Å²) in [5.41, 5.74) is 0.746. The number of carbonyl (C=O) groups excluding carboxylic acids is 1. The Balaban J connectivity index is 2.40. The van der Waals surface area contributed by atoms with Gasteiger partial charge in [-0.15, -0.1) is 0 Å². The molecule has 0 amide bonds. The van der Waals surface area contributed by atoms with E-state index in [1.54, 1.807) is 25.1 Å². The molecule has 1 unspecified atom stereocenters. The van der Waals surface area contributed by atoms with Crippen LogP contribution in [0.25, 0.3) is 0 Å². The second-order valence-corrected chi connectivity index (χ2v) is 5.62. The van der Waals surface area contributed by atoms with E-state index in [0.29, 0.717) is 11.1 Å². The highest BCUT2D eigenvalue weighted by molar-refractivity contribution is 5.79. The zero-order valence-corrected chi connectivity index (χ0v) is 14.8. The average Bonchev–Trinajstić information content (AvgIpc) is 2.66. The molecule has 9 nitrogen and oxygen atoms in total. The average molecular weight is 374 g/mol. The lowest BCUT2D eigenvalue weighted by Crippen LogP contribution is -2.18. The minimum atomic E-state index is -0.795. The van der Waals surface area contributed by atoms with Gasteiger partial charge in [0.25, 0.3) is 5.69 Å². The molecule has 0 fully saturated rings. The molecular weight excluding hydrogens is 356 g/mol. The number of methoxy groups -OCH3 is 1. The van der Waals surface area contributed by atoms with Crippen molar-refractivity contribution in [2.75, 3.05) is 13.7 Å². The van der Waals surface area contributed by atoms with E-state index < -0.39 is 21.7 Å². The van der Waals surface area contributed by atoms with Gasteiger partial charge >= 0.3 is 11.7 Å². The van der Waals surface area contributed by atoms with E-state index in [2.05, 4.69) is 0 Å². The number of carbonyl (C=O) groups is 1. The van der Waals surface area contributed by atoms with Crippen molar-refractivity contribution in [2.24, 2.45) is 0 Å². The van der Waals surface area contributed by atoms with Crippen molar-refractivity contribution < 1.29 is 24.1 Å². The standard InChI is InChI=1S/C18H18N2O7/c1-3-27-18(21)15(10-12-4-7-14(8-5-12)19(22)23)13-6-9-17(26-2)16(11-13)20(24)25/h4-9,11,15H,3,10H2,1-2H3. The molecule has 0 heterocycles. The quantitative estimate of drug-likeness (QED) is 0.394. The van der Waals surface area contributed by atoms with E-state index in [9.17, 15) is 25.0 Å². The van der Waals surface area contributed by atoms with E-state index >= 15 is 0 Å². The van der Waals surface area contributed by atoms with Gasteiger partial charge in [0.15, 0.2) is 5.75 Å². The molecule has 1 atom stereocenters. The molecule has 0 aliphatic rings. The third kappa shape index (κ3) is 4.78. The van der Waals surface area contributed by atoms with Crippen molar-refractivity contribution in [3.8, 4) is 5.75 Å². The Morgan fingerprint density at radius 1 is 1.07 bits per heavy atom. The van der Waals surface area contributed by atoms with E-state index in [1.807, 2.05) is 0 Å². The number of hydrogen-bond acceptors (Lipinski definition) is 7. The van der Waals surface area contributed by atoms with Crippen LogP contribution in [-0.2, 0) is 16.0 Å². The van der Waals surface area contributed by atoms with Gasteiger partial charge in [-0.2, -0.15) is 0 Å². The maximum atomic E-state index is 12.4. The molecule has 142 valence electrons. The molecule has 0 aliphatic heterocycles. The Morgan fingerprint density at radius 3 is 2.26 bits per heavy atom. The number of benzene rings is 2. The van der Waals surface area contributed by atoms with Gasteiger partial charge in [0.05, 0.1) is 29.5 Å². The molecule has 0 radical (unpaired) electrons. The van der Waals surface area contributed by atoms with Crippen molar-refractivity contribution in [3.05, 3.63) is 73.8 Å². The van der Waals surface area contributed by atoms with Crippen LogP contribution >= 0.6 is 0 Å². The van der Waals surface area contributed by atoms with Gasteiger partial charge in [-0.25, -0.2) is 0 Å². The summed E-state index contributed by atoms with van der Waals surface area (Å²) in [6, 6.07) is 10.0. The fourth-order valence-electron chi connectivity index (χ4n) is 2.64. The van der Waals surface area contributed by atoms with Crippen molar-refractivity contribution in [1.29, 1.82) is 0 Å². The van der Waals surface area contributed by atoms with Crippen LogP contribution in [-0.4, -0.2) is 29.5 Å². The van der Waals surface area contributed by atoms with Gasteiger partial charge in [-0.3, -0.25) is 25.0 Å². The van der Waals surface area contributed by atoms with E-state index in [-0.39, 0.29) is 30.2 Å². The zero-order valence-electron chi connectivity index (χ0n) is 14.8. The monoisotopic (exact) mass is 374 g/mol. The lowest BCUT2D eigenvalue weighted by Gasteiger charge is -2.16. The van der Waals surface area contributed by atoms with Gasteiger partial charge in [0.1, 0.15) is 0 Å². The van der Waals surface area contributed by atoms with Crippen LogP contribution in [0.15, 0.2) is 42.5 Å². The van der Waals surface area contributed by atoms with Crippen LogP contribution < -0.4 is 4.74 Å². The van der Waals surface area contributed by atoms with Crippen LogP contribution in [0.2, 0.25) is 0 Å². The minimum Gasteiger partial charge on any atom is -0.490 e. The number of rotatable bonds is 8. The molecule has 0 N–H and O–H groups in total. The summed E-state index contributed by atoms with van der Waals surface area (Å²) in [6.07, 6.45) is 0.181. The second-order valence-electron chi connectivity index (χ2n) is 5.62. The molecule has 0 bridgehead atoms. The van der Waals surface area contributed by atoms with E-state index in [4.69, 9.17) is 9.47 Å². The first-order valence-electron chi connectivity index (χ1n) is 8.09. The smallest absolute Gasteiger partial charge is 0.313 e. The Labute approximate surface area is 154 Å². The molecule has 0 saturated heterocycles. The number of nitro groups is 2. The second kappa shape index (κ2) is 8.75. The van der Waals surface area contributed by atoms with Gasteiger partial charge in [0, 0.05) is 18.2 Å². The topological polar surface area (TPSA) is 122 Å². The first kappa shape index (κ1) is 19.8. The normalized spacial score (nSPS) is 11.5. The van der Waals surface area contributed by atoms with Crippen LogP contribution in [0.5, 0.6) is 5.75 Å². The summed E-state index contributed by atoms with van der Waals surface area (Å²) in [4.78, 5) is 33.3. The maximum absolute atomic E-state index is 12.4. The molecule has 2 aromatic carbocycles. The highest BCUT2D eigenvalue weighted by Crippen LogP contribution is 2.32. The highest BCUT2D eigenvalue weighted by Gasteiger charge is 2.26. The third-order valence-electron chi connectivity index (χ3n) is 3.96. The molecule has 0 saturated carbocycles. The predicted molar refractivity (Wildman–Crippen MR) is 95.8 cm³/mol. The summed E-state index contributed by atoms with van der Waals surface area (Å²) in [7, 11) is 1.32. The van der Waals surface area contributed by atoms with Crippen LogP contribution in [0.4, 0.5) is 11.4 Å². The van der Waals surface area contributed by atoms with Crippen molar-refractivity contribution >= 4 is 17.3 Å². The maximum Gasteiger partial charge on any atom is 0.313 e. The van der Waals surface area contributed by atoms with Gasteiger partial charge in [-0.1, -0.05) is 18.2 Å².